The number of thiophene rings is 1. The summed E-state index contributed by atoms with van der Waals surface area (Å²) in [5, 5.41) is 11.4. The number of guanidine groups is 1. The van der Waals surface area contributed by atoms with E-state index < -0.39 is 11.9 Å². The number of rotatable bonds is 4. The third-order valence-corrected chi connectivity index (χ3v) is 4.09. The lowest BCUT2D eigenvalue weighted by Gasteiger charge is -2.10. The molecular formula is C12H14F3IN4S2. The number of aliphatic imine (C=N–C) groups is 1. The third-order valence-electron chi connectivity index (χ3n) is 2.51. The summed E-state index contributed by atoms with van der Waals surface area (Å²) >= 11 is 2.57. The van der Waals surface area contributed by atoms with Crippen LogP contribution < -0.4 is 10.6 Å². The molecule has 4 nitrogen and oxygen atoms in total. The molecule has 2 N–H and O–H groups in total. The number of hydrogen-bond donors (Lipinski definition) is 2. The zero-order valence-electron chi connectivity index (χ0n) is 11.5. The molecule has 2 rings (SSSR count). The molecule has 0 unspecified atom stereocenters. The molecule has 0 aliphatic carbocycles. The third kappa shape index (κ3) is 5.72. The van der Waals surface area contributed by atoms with Crippen molar-refractivity contribution < 1.29 is 13.2 Å². The highest BCUT2D eigenvalue weighted by Gasteiger charge is 2.33. The summed E-state index contributed by atoms with van der Waals surface area (Å²) in [5.41, 5.74) is 0.266. The molecular weight excluding hydrogens is 448 g/mol. The Labute approximate surface area is 150 Å². The van der Waals surface area contributed by atoms with Gasteiger partial charge in [0.05, 0.1) is 6.54 Å². The normalized spacial score (nSPS) is 11.9. The van der Waals surface area contributed by atoms with E-state index >= 15 is 0 Å². The fraction of sp³-hybridized carbons (Fsp3) is 0.333. The summed E-state index contributed by atoms with van der Waals surface area (Å²) < 4.78 is 37.3. The smallest absolute Gasteiger partial charge is 0.352 e. The number of thiazole rings is 1. The first kappa shape index (κ1) is 19.2. The van der Waals surface area contributed by atoms with Gasteiger partial charge in [-0.25, -0.2) is 4.98 Å². The summed E-state index contributed by atoms with van der Waals surface area (Å²) in [6.45, 7) is 0.804. The zero-order valence-corrected chi connectivity index (χ0v) is 15.4. The maximum atomic E-state index is 12.4. The molecule has 2 aromatic heterocycles. The molecule has 0 amide bonds. The van der Waals surface area contributed by atoms with Crippen LogP contribution in [0.4, 0.5) is 13.2 Å². The number of halogens is 4. The molecule has 2 heterocycles. The summed E-state index contributed by atoms with van der Waals surface area (Å²) in [6, 6.07) is 1.99. The van der Waals surface area contributed by atoms with E-state index in [2.05, 4.69) is 20.6 Å². The van der Waals surface area contributed by atoms with Gasteiger partial charge in [-0.2, -0.15) is 24.5 Å². The van der Waals surface area contributed by atoms with E-state index in [-0.39, 0.29) is 30.5 Å². The fourth-order valence-corrected chi connectivity index (χ4v) is 2.89. The Bertz CT molecular complexity index is 596. The van der Waals surface area contributed by atoms with Crippen LogP contribution in [-0.2, 0) is 19.3 Å². The van der Waals surface area contributed by atoms with Gasteiger partial charge in [0.1, 0.15) is 5.01 Å². The molecule has 0 aliphatic rings. The van der Waals surface area contributed by atoms with Crippen molar-refractivity contribution in [3.8, 4) is 0 Å². The second-order valence-corrected chi connectivity index (χ2v) is 5.76. The maximum Gasteiger partial charge on any atom is 0.434 e. The molecule has 0 saturated heterocycles. The van der Waals surface area contributed by atoms with E-state index in [1.54, 1.807) is 18.4 Å². The van der Waals surface area contributed by atoms with E-state index in [1.807, 2.05) is 16.8 Å². The van der Waals surface area contributed by atoms with Crippen LogP contribution in [0.2, 0.25) is 0 Å². The predicted octanol–water partition coefficient (Wildman–Crippen LogP) is 3.71. The SMILES string of the molecule is CN=C(NCc1ccsc1)NCc1nc(C(F)(F)F)cs1.I. The monoisotopic (exact) mass is 462 g/mol. The summed E-state index contributed by atoms with van der Waals surface area (Å²) in [4.78, 5) is 7.56. The average Bonchev–Trinajstić information content (AvgIpc) is 3.09. The van der Waals surface area contributed by atoms with Gasteiger partial charge in [-0.15, -0.1) is 35.3 Å². The fourth-order valence-electron chi connectivity index (χ4n) is 1.48. The Kier molecular flexibility index (Phi) is 7.56. The van der Waals surface area contributed by atoms with E-state index in [9.17, 15) is 13.2 Å². The summed E-state index contributed by atoms with van der Waals surface area (Å²) in [6.07, 6.45) is -4.40. The molecule has 2 aromatic rings. The van der Waals surface area contributed by atoms with Crippen LogP contribution in [0.15, 0.2) is 27.2 Å². The molecule has 0 radical (unpaired) electrons. The molecule has 122 valence electrons. The molecule has 0 aliphatic heterocycles. The second-order valence-electron chi connectivity index (χ2n) is 4.04. The Morgan fingerprint density at radius 1 is 1.27 bits per heavy atom. The number of nitrogens with one attached hydrogen (secondary N) is 2. The molecule has 0 aromatic carbocycles. The standard InChI is InChI=1S/C12H13F3N4S2.HI/c1-16-11(17-4-8-2-3-20-6-8)18-5-10-19-9(7-21-10)12(13,14)15;/h2-3,6-7H,4-5H2,1H3,(H2,16,17,18);1H. The number of alkyl halides is 3. The molecule has 0 saturated carbocycles. The van der Waals surface area contributed by atoms with Crippen LogP contribution in [-0.4, -0.2) is 18.0 Å². The largest absolute Gasteiger partial charge is 0.434 e. The highest BCUT2D eigenvalue weighted by Crippen LogP contribution is 2.29. The Morgan fingerprint density at radius 3 is 2.55 bits per heavy atom. The first-order valence-corrected chi connectivity index (χ1v) is 7.78. The highest BCUT2D eigenvalue weighted by molar-refractivity contribution is 14.0. The van der Waals surface area contributed by atoms with Crippen molar-refractivity contribution in [1.82, 2.24) is 15.6 Å². The zero-order chi connectivity index (χ0) is 15.3. The van der Waals surface area contributed by atoms with Crippen molar-refractivity contribution in [2.24, 2.45) is 4.99 Å². The van der Waals surface area contributed by atoms with Crippen LogP contribution in [0.5, 0.6) is 0 Å². The van der Waals surface area contributed by atoms with E-state index in [0.717, 1.165) is 22.3 Å². The lowest BCUT2D eigenvalue weighted by molar-refractivity contribution is -0.140. The van der Waals surface area contributed by atoms with E-state index in [4.69, 9.17) is 0 Å². The minimum Gasteiger partial charge on any atom is -0.352 e. The van der Waals surface area contributed by atoms with Gasteiger partial charge in [-0.3, -0.25) is 4.99 Å². The van der Waals surface area contributed by atoms with Crippen molar-refractivity contribution >= 4 is 52.6 Å². The Morgan fingerprint density at radius 2 is 2.00 bits per heavy atom. The summed E-state index contributed by atoms with van der Waals surface area (Å²) in [5.74, 6) is 0.518. The van der Waals surface area contributed by atoms with Crippen LogP contribution in [0, 0.1) is 0 Å². The Balaban J connectivity index is 0.00000242. The van der Waals surface area contributed by atoms with Crippen LogP contribution >= 0.6 is 46.7 Å². The van der Waals surface area contributed by atoms with Crippen molar-refractivity contribution in [1.29, 1.82) is 0 Å². The van der Waals surface area contributed by atoms with Crippen LogP contribution in [0.1, 0.15) is 16.3 Å². The topological polar surface area (TPSA) is 49.3 Å². The quantitative estimate of drug-likeness (QED) is 0.414. The van der Waals surface area contributed by atoms with Crippen molar-refractivity contribution in [2.75, 3.05) is 7.05 Å². The number of nitrogens with zero attached hydrogens (tertiary/aromatic N) is 2. The van der Waals surface area contributed by atoms with Gasteiger partial charge in [0.15, 0.2) is 11.7 Å². The van der Waals surface area contributed by atoms with Gasteiger partial charge >= 0.3 is 6.18 Å². The molecule has 10 heteroatoms. The minimum atomic E-state index is -4.40. The lowest BCUT2D eigenvalue weighted by Crippen LogP contribution is -2.36. The van der Waals surface area contributed by atoms with Gasteiger partial charge in [0.25, 0.3) is 0 Å². The molecule has 0 bridgehead atoms. The highest BCUT2D eigenvalue weighted by atomic mass is 127. The van der Waals surface area contributed by atoms with E-state index in [0.29, 0.717) is 17.5 Å². The average molecular weight is 462 g/mol. The molecule has 22 heavy (non-hydrogen) atoms. The minimum absolute atomic E-state index is 0. The van der Waals surface area contributed by atoms with Gasteiger partial charge in [-0.1, -0.05) is 0 Å². The van der Waals surface area contributed by atoms with Gasteiger partial charge in [0, 0.05) is 19.0 Å². The van der Waals surface area contributed by atoms with E-state index in [1.165, 1.54) is 0 Å². The molecule has 0 atom stereocenters. The molecule has 0 spiro atoms. The predicted molar refractivity (Wildman–Crippen MR) is 93.9 cm³/mol. The van der Waals surface area contributed by atoms with Crippen LogP contribution in [0.25, 0.3) is 0 Å². The summed E-state index contributed by atoms with van der Waals surface area (Å²) in [7, 11) is 1.60. The van der Waals surface area contributed by atoms with Gasteiger partial charge in [-0.05, 0) is 22.4 Å². The van der Waals surface area contributed by atoms with Crippen molar-refractivity contribution in [3.63, 3.8) is 0 Å². The molecule has 0 fully saturated rings. The first-order chi connectivity index (χ1) is 9.99. The lowest BCUT2D eigenvalue weighted by atomic mass is 10.3. The van der Waals surface area contributed by atoms with Gasteiger partial charge in [0.2, 0.25) is 0 Å². The first-order valence-electron chi connectivity index (χ1n) is 5.96. The maximum absolute atomic E-state index is 12.4. The second kappa shape index (κ2) is 8.67. The Hall–Kier alpha value is -0.880. The number of hydrogen-bond acceptors (Lipinski definition) is 4. The number of aromatic nitrogens is 1. The van der Waals surface area contributed by atoms with Crippen molar-refractivity contribution in [2.45, 2.75) is 19.3 Å². The van der Waals surface area contributed by atoms with Crippen LogP contribution in [0.3, 0.4) is 0 Å². The van der Waals surface area contributed by atoms with Gasteiger partial charge < -0.3 is 10.6 Å². The van der Waals surface area contributed by atoms with Crippen molar-refractivity contribution in [3.05, 3.63) is 38.5 Å².